The summed E-state index contributed by atoms with van der Waals surface area (Å²) in [6.07, 6.45) is 6.29. The zero-order valence-corrected chi connectivity index (χ0v) is 13.2. The molecule has 4 heteroatoms. The van der Waals surface area contributed by atoms with Crippen LogP contribution in [0.3, 0.4) is 0 Å². The van der Waals surface area contributed by atoms with Crippen molar-refractivity contribution < 1.29 is 14.3 Å². The van der Waals surface area contributed by atoms with Crippen LogP contribution in [0.2, 0.25) is 0 Å². The third-order valence-electron chi connectivity index (χ3n) is 4.54. The molecule has 1 saturated carbocycles. The van der Waals surface area contributed by atoms with Crippen LogP contribution in [0, 0.1) is 0 Å². The van der Waals surface area contributed by atoms with E-state index in [9.17, 15) is 9.90 Å². The highest BCUT2D eigenvalue weighted by Gasteiger charge is 2.32. The number of nitrogens with one attached hydrogen (secondary N) is 1. The van der Waals surface area contributed by atoms with Gasteiger partial charge in [-0.2, -0.15) is 0 Å². The summed E-state index contributed by atoms with van der Waals surface area (Å²) in [4.78, 5) is 12.5. The Labute approximate surface area is 136 Å². The monoisotopic (exact) mass is 313 g/mol. The van der Waals surface area contributed by atoms with E-state index < -0.39 is 5.60 Å². The topological polar surface area (TPSA) is 62.5 Å². The molecule has 1 aromatic heterocycles. The van der Waals surface area contributed by atoms with Crippen LogP contribution in [-0.2, 0) is 4.79 Å². The maximum atomic E-state index is 12.5. The molecular formula is C19H23NO3. The van der Waals surface area contributed by atoms with E-state index in [2.05, 4.69) is 5.32 Å². The molecule has 23 heavy (non-hydrogen) atoms. The van der Waals surface area contributed by atoms with Crippen LogP contribution in [0.5, 0.6) is 0 Å². The molecule has 0 bridgehead atoms. The van der Waals surface area contributed by atoms with E-state index in [-0.39, 0.29) is 18.4 Å². The van der Waals surface area contributed by atoms with Crippen LogP contribution < -0.4 is 5.32 Å². The van der Waals surface area contributed by atoms with E-state index in [1.165, 1.54) is 0 Å². The summed E-state index contributed by atoms with van der Waals surface area (Å²) in [5.74, 6) is 0.555. The van der Waals surface area contributed by atoms with Crippen molar-refractivity contribution in [1.29, 1.82) is 0 Å². The number of amides is 1. The van der Waals surface area contributed by atoms with Gasteiger partial charge in [-0.1, -0.05) is 49.6 Å². The Morgan fingerprint density at radius 1 is 1.13 bits per heavy atom. The van der Waals surface area contributed by atoms with Crippen molar-refractivity contribution >= 4 is 5.91 Å². The first-order chi connectivity index (χ1) is 11.2. The fraction of sp³-hybridized carbons (Fsp3) is 0.421. The first kappa shape index (κ1) is 15.8. The van der Waals surface area contributed by atoms with Crippen LogP contribution in [-0.4, -0.2) is 16.6 Å². The molecule has 2 N–H and O–H groups in total. The molecular weight excluding hydrogens is 290 g/mol. The summed E-state index contributed by atoms with van der Waals surface area (Å²) in [6, 6.07) is 13.1. The van der Waals surface area contributed by atoms with Crippen molar-refractivity contribution in [3.05, 3.63) is 60.1 Å². The summed E-state index contributed by atoms with van der Waals surface area (Å²) in [6.45, 7) is 0. The number of hydrogen-bond donors (Lipinski definition) is 2. The molecule has 1 atom stereocenters. The minimum Gasteiger partial charge on any atom is -0.467 e. The average Bonchev–Trinajstić information content (AvgIpc) is 3.08. The van der Waals surface area contributed by atoms with Crippen molar-refractivity contribution in [2.45, 2.75) is 50.2 Å². The second-order valence-corrected chi connectivity index (χ2v) is 6.39. The van der Waals surface area contributed by atoms with Crippen LogP contribution in [0.15, 0.2) is 53.1 Å². The Morgan fingerprint density at radius 3 is 2.52 bits per heavy atom. The van der Waals surface area contributed by atoms with Crippen molar-refractivity contribution in [1.82, 2.24) is 5.32 Å². The van der Waals surface area contributed by atoms with Gasteiger partial charge in [-0.15, -0.1) is 0 Å². The maximum Gasteiger partial charge on any atom is 0.223 e. The number of hydrogen-bond acceptors (Lipinski definition) is 3. The van der Waals surface area contributed by atoms with Crippen molar-refractivity contribution in [3.8, 4) is 0 Å². The van der Waals surface area contributed by atoms with Gasteiger partial charge in [0.05, 0.1) is 18.3 Å². The second-order valence-electron chi connectivity index (χ2n) is 6.39. The molecule has 1 amide bonds. The summed E-state index contributed by atoms with van der Waals surface area (Å²) in [7, 11) is 0. The predicted molar refractivity (Wildman–Crippen MR) is 87.8 cm³/mol. The zero-order valence-electron chi connectivity index (χ0n) is 13.2. The van der Waals surface area contributed by atoms with Crippen LogP contribution in [0.4, 0.5) is 0 Å². The molecule has 2 aromatic rings. The van der Waals surface area contributed by atoms with Gasteiger partial charge >= 0.3 is 0 Å². The fourth-order valence-electron chi connectivity index (χ4n) is 3.32. The van der Waals surface area contributed by atoms with Crippen molar-refractivity contribution in [2.24, 2.45) is 0 Å². The van der Waals surface area contributed by atoms with Crippen LogP contribution in [0.25, 0.3) is 0 Å². The Hall–Kier alpha value is -2.07. The summed E-state index contributed by atoms with van der Waals surface area (Å²) in [5.41, 5.74) is 0.110. The molecule has 1 aromatic carbocycles. The molecule has 1 aliphatic carbocycles. The van der Waals surface area contributed by atoms with Gasteiger partial charge in [-0.05, 0) is 30.5 Å². The molecule has 0 saturated heterocycles. The Balaban J connectivity index is 1.72. The van der Waals surface area contributed by atoms with Gasteiger partial charge in [-0.3, -0.25) is 4.79 Å². The second kappa shape index (κ2) is 7.01. The first-order valence-corrected chi connectivity index (χ1v) is 8.26. The molecule has 122 valence electrons. The normalized spacial score (nSPS) is 18.3. The third kappa shape index (κ3) is 4.02. The lowest BCUT2D eigenvalue weighted by Crippen LogP contribution is -2.39. The molecule has 1 heterocycles. The van der Waals surface area contributed by atoms with E-state index >= 15 is 0 Å². The number of carbonyl (C=O) groups is 1. The summed E-state index contributed by atoms with van der Waals surface area (Å²) in [5, 5.41) is 13.6. The number of carbonyl (C=O) groups excluding carboxylic acids is 1. The number of aliphatic hydroxyl groups is 1. The third-order valence-corrected chi connectivity index (χ3v) is 4.54. The Morgan fingerprint density at radius 2 is 1.87 bits per heavy atom. The van der Waals surface area contributed by atoms with Gasteiger partial charge in [0.2, 0.25) is 5.91 Å². The van der Waals surface area contributed by atoms with E-state index in [0.717, 1.165) is 24.8 Å². The van der Waals surface area contributed by atoms with E-state index in [1.807, 2.05) is 42.5 Å². The molecule has 0 radical (unpaired) electrons. The fourth-order valence-corrected chi connectivity index (χ4v) is 3.32. The molecule has 3 rings (SSSR count). The largest absolute Gasteiger partial charge is 0.467 e. The molecule has 1 unspecified atom stereocenters. The van der Waals surface area contributed by atoms with E-state index in [0.29, 0.717) is 18.6 Å². The standard InChI is InChI=1S/C19H23NO3/c21-17(14-19(22)11-5-2-6-12-19)20-18(16-10-7-13-23-16)15-8-3-1-4-9-15/h1,3-4,7-10,13,18,22H,2,5-6,11-12,14H2,(H,20,21). The molecule has 0 aliphatic heterocycles. The summed E-state index contributed by atoms with van der Waals surface area (Å²) < 4.78 is 5.49. The smallest absolute Gasteiger partial charge is 0.223 e. The van der Waals surface area contributed by atoms with Gasteiger partial charge in [0.25, 0.3) is 0 Å². The lowest BCUT2D eigenvalue weighted by atomic mass is 9.82. The maximum absolute atomic E-state index is 12.5. The van der Waals surface area contributed by atoms with Gasteiger partial charge in [0.15, 0.2) is 0 Å². The number of furan rings is 1. The van der Waals surface area contributed by atoms with Crippen molar-refractivity contribution in [3.63, 3.8) is 0 Å². The van der Waals surface area contributed by atoms with Crippen molar-refractivity contribution in [2.75, 3.05) is 0 Å². The lowest BCUT2D eigenvalue weighted by molar-refractivity contribution is -0.128. The molecule has 0 spiro atoms. The Kier molecular flexibility index (Phi) is 4.82. The molecule has 1 aliphatic rings. The van der Waals surface area contributed by atoms with Crippen LogP contribution >= 0.6 is 0 Å². The number of rotatable bonds is 5. The average molecular weight is 313 g/mol. The molecule has 4 nitrogen and oxygen atoms in total. The minimum absolute atomic E-state index is 0.139. The summed E-state index contributed by atoms with van der Waals surface area (Å²) >= 11 is 0. The van der Waals surface area contributed by atoms with Crippen LogP contribution in [0.1, 0.15) is 55.9 Å². The predicted octanol–water partition coefficient (Wildman–Crippen LogP) is 3.57. The first-order valence-electron chi connectivity index (χ1n) is 8.26. The Bertz CT molecular complexity index is 615. The quantitative estimate of drug-likeness (QED) is 0.887. The van der Waals surface area contributed by atoms with Gasteiger partial charge in [-0.25, -0.2) is 0 Å². The van der Waals surface area contributed by atoms with E-state index in [4.69, 9.17) is 4.42 Å². The van der Waals surface area contributed by atoms with E-state index in [1.54, 1.807) is 6.26 Å². The highest BCUT2D eigenvalue weighted by Crippen LogP contribution is 2.31. The molecule has 1 fully saturated rings. The minimum atomic E-state index is -0.854. The highest BCUT2D eigenvalue weighted by molar-refractivity contribution is 5.78. The van der Waals surface area contributed by atoms with Gasteiger partial charge < -0.3 is 14.8 Å². The lowest BCUT2D eigenvalue weighted by Gasteiger charge is -2.32. The SMILES string of the molecule is O=C(CC1(O)CCCCC1)NC(c1ccccc1)c1ccco1. The van der Waals surface area contributed by atoms with Gasteiger partial charge in [0, 0.05) is 0 Å². The van der Waals surface area contributed by atoms with Gasteiger partial charge in [0.1, 0.15) is 11.8 Å². The highest BCUT2D eigenvalue weighted by atomic mass is 16.3. The zero-order chi connectivity index (χ0) is 16.1. The number of benzene rings is 1.